The lowest BCUT2D eigenvalue weighted by Crippen LogP contribution is -2.50. The van der Waals surface area contributed by atoms with Crippen LogP contribution in [0.25, 0.3) is 10.2 Å². The van der Waals surface area contributed by atoms with Gasteiger partial charge in [-0.3, -0.25) is 9.59 Å². The van der Waals surface area contributed by atoms with Crippen LogP contribution < -0.4 is 10.1 Å². The van der Waals surface area contributed by atoms with Crippen LogP contribution in [0.1, 0.15) is 34.0 Å². The first-order chi connectivity index (χ1) is 20.5. The van der Waals surface area contributed by atoms with Crippen molar-refractivity contribution in [3.05, 3.63) is 83.1 Å². The number of fused-ring (bicyclic) bond motifs is 2. The highest BCUT2D eigenvalue weighted by Crippen LogP contribution is 2.36. The van der Waals surface area contributed by atoms with Crippen LogP contribution in [-0.2, 0) is 10.0 Å². The van der Waals surface area contributed by atoms with Gasteiger partial charge in [-0.05, 0) is 55.5 Å². The summed E-state index contributed by atoms with van der Waals surface area (Å²) in [6.07, 6.45) is -0.777. The van der Waals surface area contributed by atoms with Gasteiger partial charge in [0, 0.05) is 19.5 Å². The van der Waals surface area contributed by atoms with Crippen molar-refractivity contribution >= 4 is 49.1 Å². The number of carbonyl (C=O) groups excluding carboxylic acids is 2. The molecule has 0 bridgehead atoms. The van der Waals surface area contributed by atoms with Crippen molar-refractivity contribution in [2.24, 2.45) is 5.92 Å². The van der Waals surface area contributed by atoms with Crippen molar-refractivity contribution in [3.63, 3.8) is 0 Å². The average molecular weight is 627 g/mol. The first kappa shape index (κ1) is 30.5. The Hall–Kier alpha value is -3.91. The molecule has 0 fully saturated rings. The predicted molar refractivity (Wildman–Crippen MR) is 161 cm³/mol. The number of carbonyl (C=O) groups is 2. The fourth-order valence-electron chi connectivity index (χ4n) is 4.84. The number of nitrogens with one attached hydrogen (secondary N) is 1. The average Bonchev–Trinajstić information content (AvgIpc) is 3.44. The van der Waals surface area contributed by atoms with Crippen LogP contribution in [0.15, 0.2) is 71.6 Å². The number of benzene rings is 3. The maximum Gasteiger partial charge on any atom is 0.284 e. The van der Waals surface area contributed by atoms with Crippen LogP contribution in [-0.4, -0.2) is 78.4 Å². The summed E-state index contributed by atoms with van der Waals surface area (Å²) in [6.45, 7) is 3.31. The maximum absolute atomic E-state index is 13.7. The number of para-hydroxylation sites is 2. The van der Waals surface area contributed by atoms with E-state index in [4.69, 9.17) is 4.74 Å². The lowest BCUT2D eigenvalue weighted by Gasteiger charge is -2.38. The summed E-state index contributed by atoms with van der Waals surface area (Å²) in [5.41, 5.74) is 1.05. The molecule has 13 heteroatoms. The monoisotopic (exact) mass is 626 g/mol. The number of nitrogens with zero attached hydrogens (tertiary/aromatic N) is 3. The number of thiazole rings is 1. The van der Waals surface area contributed by atoms with Gasteiger partial charge < -0.3 is 20.1 Å². The van der Waals surface area contributed by atoms with E-state index >= 15 is 0 Å². The molecule has 2 amide bonds. The molecular formula is C30H31FN4O6S2. The van der Waals surface area contributed by atoms with Gasteiger partial charge in [0.15, 0.2) is 10.8 Å². The summed E-state index contributed by atoms with van der Waals surface area (Å²) in [6, 6.07) is 16.1. The standard InChI is InChI=1S/C30H31FN4O6S2/c1-18-15-35(19(2)17-36)30(38)22-7-6-9-24(32-28(37)29-33-23-8-4-5-10-26(23)42-29)27(22)41-25(18)16-34(3)43(39,40)21-13-11-20(31)12-14-21/h4-14,18-19,25,36H,15-17H2,1-3H3,(H,32,37)/t18-,19-,25+/m0/s1. The van der Waals surface area contributed by atoms with E-state index in [1.165, 1.54) is 35.4 Å². The summed E-state index contributed by atoms with van der Waals surface area (Å²) in [5.74, 6) is -1.76. The molecule has 10 nitrogen and oxygen atoms in total. The van der Waals surface area contributed by atoms with Crippen molar-refractivity contribution in [3.8, 4) is 5.75 Å². The number of sulfonamides is 1. The zero-order valence-electron chi connectivity index (χ0n) is 23.7. The van der Waals surface area contributed by atoms with E-state index in [1.54, 1.807) is 25.1 Å². The van der Waals surface area contributed by atoms with E-state index in [1.807, 2.05) is 31.2 Å². The van der Waals surface area contributed by atoms with Crippen LogP contribution in [0, 0.1) is 11.7 Å². The second-order valence-corrected chi connectivity index (χ2v) is 13.6. The summed E-state index contributed by atoms with van der Waals surface area (Å²) in [5, 5.41) is 13.0. The first-order valence-electron chi connectivity index (χ1n) is 13.6. The van der Waals surface area contributed by atoms with Gasteiger partial charge in [0.1, 0.15) is 11.9 Å². The Bertz CT molecular complexity index is 1730. The number of hydrogen-bond donors (Lipinski definition) is 2. The van der Waals surface area contributed by atoms with Gasteiger partial charge in [0.2, 0.25) is 10.0 Å². The Morgan fingerprint density at radius 2 is 1.91 bits per heavy atom. The zero-order valence-corrected chi connectivity index (χ0v) is 25.4. The number of halogens is 1. The van der Waals surface area contributed by atoms with Crippen LogP contribution in [0.4, 0.5) is 10.1 Å². The van der Waals surface area contributed by atoms with Gasteiger partial charge in [-0.25, -0.2) is 17.8 Å². The number of aromatic nitrogens is 1. The fraction of sp³-hybridized carbons (Fsp3) is 0.300. The highest BCUT2D eigenvalue weighted by atomic mass is 32.2. The number of rotatable bonds is 8. The van der Waals surface area contributed by atoms with Crippen LogP contribution in [0.2, 0.25) is 0 Å². The highest BCUT2D eigenvalue weighted by Gasteiger charge is 2.36. The number of hydrogen-bond acceptors (Lipinski definition) is 8. The van der Waals surface area contributed by atoms with Crippen molar-refractivity contribution < 1.29 is 32.2 Å². The van der Waals surface area contributed by atoms with Crippen molar-refractivity contribution in [2.75, 3.05) is 32.1 Å². The Labute approximate surface area is 252 Å². The maximum atomic E-state index is 13.7. The molecule has 4 aromatic rings. The summed E-state index contributed by atoms with van der Waals surface area (Å²) < 4.78 is 48.5. The third-order valence-electron chi connectivity index (χ3n) is 7.39. The molecule has 2 N–H and O–H groups in total. The minimum atomic E-state index is -4.01. The number of aliphatic hydroxyl groups is 1. The normalized spacial score (nSPS) is 18.1. The third kappa shape index (κ3) is 6.25. The third-order valence-corrected chi connectivity index (χ3v) is 10.3. The lowest BCUT2D eigenvalue weighted by atomic mass is 9.99. The largest absolute Gasteiger partial charge is 0.486 e. The van der Waals surface area contributed by atoms with Gasteiger partial charge in [-0.2, -0.15) is 4.31 Å². The smallest absolute Gasteiger partial charge is 0.284 e. The van der Waals surface area contributed by atoms with Crippen LogP contribution in [0.5, 0.6) is 5.75 Å². The van der Waals surface area contributed by atoms with Crippen molar-refractivity contribution in [1.29, 1.82) is 0 Å². The van der Waals surface area contributed by atoms with E-state index in [9.17, 15) is 27.5 Å². The molecule has 226 valence electrons. The van der Waals surface area contributed by atoms with E-state index in [2.05, 4.69) is 10.3 Å². The molecule has 0 unspecified atom stereocenters. The number of amides is 2. The molecule has 0 saturated heterocycles. The van der Waals surface area contributed by atoms with Gasteiger partial charge in [0.05, 0.1) is 45.6 Å². The molecule has 3 aromatic carbocycles. The van der Waals surface area contributed by atoms with Gasteiger partial charge >= 0.3 is 0 Å². The summed E-state index contributed by atoms with van der Waals surface area (Å²) in [7, 11) is -2.61. The van der Waals surface area contributed by atoms with Gasteiger partial charge in [-0.1, -0.05) is 25.1 Å². The van der Waals surface area contributed by atoms with Crippen LogP contribution in [0.3, 0.4) is 0 Å². The molecule has 3 atom stereocenters. The fourth-order valence-corrected chi connectivity index (χ4v) is 6.89. The molecule has 2 heterocycles. The lowest BCUT2D eigenvalue weighted by molar-refractivity contribution is 0.0388. The Kier molecular flexibility index (Phi) is 8.79. The molecule has 0 radical (unpaired) electrons. The van der Waals surface area contributed by atoms with Crippen molar-refractivity contribution in [2.45, 2.75) is 30.9 Å². The number of likely N-dealkylation sites (N-methyl/N-ethyl adjacent to an activating group) is 1. The molecule has 0 aliphatic carbocycles. The molecule has 1 aliphatic heterocycles. The van der Waals surface area contributed by atoms with E-state index in [0.717, 1.165) is 21.1 Å². The Balaban J connectivity index is 1.51. The molecule has 5 rings (SSSR count). The Morgan fingerprint density at radius 3 is 2.60 bits per heavy atom. The number of ether oxygens (including phenoxy) is 1. The highest BCUT2D eigenvalue weighted by molar-refractivity contribution is 7.89. The van der Waals surface area contributed by atoms with Crippen LogP contribution >= 0.6 is 11.3 Å². The van der Waals surface area contributed by atoms with E-state index in [-0.39, 0.29) is 46.6 Å². The topological polar surface area (TPSA) is 129 Å². The number of aliphatic hydroxyl groups excluding tert-OH is 1. The van der Waals surface area contributed by atoms with E-state index < -0.39 is 45.7 Å². The summed E-state index contributed by atoms with van der Waals surface area (Å²) >= 11 is 1.22. The number of anilines is 1. The second-order valence-electron chi connectivity index (χ2n) is 10.5. The molecular weight excluding hydrogens is 595 g/mol. The van der Waals surface area contributed by atoms with Gasteiger partial charge in [-0.15, -0.1) is 11.3 Å². The molecule has 1 aromatic heterocycles. The Morgan fingerprint density at radius 1 is 1.19 bits per heavy atom. The molecule has 43 heavy (non-hydrogen) atoms. The zero-order chi connectivity index (χ0) is 30.9. The first-order valence-corrected chi connectivity index (χ1v) is 15.9. The molecule has 0 spiro atoms. The summed E-state index contributed by atoms with van der Waals surface area (Å²) in [4.78, 5) is 32.9. The quantitative estimate of drug-likeness (QED) is 0.300. The van der Waals surface area contributed by atoms with Gasteiger partial charge in [0.25, 0.3) is 11.8 Å². The second kappa shape index (κ2) is 12.4. The minimum Gasteiger partial charge on any atom is -0.486 e. The predicted octanol–water partition coefficient (Wildman–Crippen LogP) is 4.23. The molecule has 0 saturated carbocycles. The SMILES string of the molecule is C[C@H]1CN([C@@H](C)CO)C(=O)c2cccc(NC(=O)c3nc4ccccc4s3)c2O[C@@H]1CN(C)S(=O)(=O)c1ccc(F)cc1. The minimum absolute atomic E-state index is 0.0789. The van der Waals surface area contributed by atoms with E-state index in [0.29, 0.717) is 5.52 Å². The molecule has 1 aliphatic rings. The van der Waals surface area contributed by atoms with Crippen molar-refractivity contribution in [1.82, 2.24) is 14.2 Å².